The zero-order chi connectivity index (χ0) is 9.97. The van der Waals surface area contributed by atoms with Crippen LogP contribution in [-0.2, 0) is 6.54 Å². The van der Waals surface area contributed by atoms with Crippen molar-refractivity contribution in [2.75, 3.05) is 19.6 Å². The zero-order valence-electron chi connectivity index (χ0n) is 8.79. The standard InChI is InChI=1S/C10H17N3S/c1-3-13(9-4-11-5-9)7-10-6-12-8(2)14-10/h6,9,11H,3-5,7H2,1-2H3. The molecule has 0 bridgehead atoms. The van der Waals surface area contributed by atoms with Gasteiger partial charge in [-0.3, -0.25) is 4.90 Å². The average Bonchev–Trinajstić information content (AvgIpc) is 2.47. The first kappa shape index (κ1) is 10.1. The maximum absolute atomic E-state index is 4.28. The molecule has 0 unspecified atom stereocenters. The molecule has 0 spiro atoms. The Morgan fingerprint density at radius 2 is 2.43 bits per heavy atom. The van der Waals surface area contributed by atoms with Crippen LogP contribution < -0.4 is 5.32 Å². The van der Waals surface area contributed by atoms with Gasteiger partial charge < -0.3 is 5.32 Å². The van der Waals surface area contributed by atoms with Crippen molar-refractivity contribution in [3.05, 3.63) is 16.1 Å². The van der Waals surface area contributed by atoms with Gasteiger partial charge in [-0.1, -0.05) is 6.92 Å². The van der Waals surface area contributed by atoms with Gasteiger partial charge in [0.25, 0.3) is 0 Å². The van der Waals surface area contributed by atoms with E-state index in [4.69, 9.17) is 0 Å². The highest BCUT2D eigenvalue weighted by atomic mass is 32.1. The number of thiazole rings is 1. The number of hydrogen-bond acceptors (Lipinski definition) is 4. The molecule has 1 aliphatic rings. The summed E-state index contributed by atoms with van der Waals surface area (Å²) in [6.07, 6.45) is 2.01. The Bertz CT molecular complexity index is 293. The summed E-state index contributed by atoms with van der Waals surface area (Å²) < 4.78 is 0. The normalized spacial score (nSPS) is 17.4. The summed E-state index contributed by atoms with van der Waals surface area (Å²) in [6.45, 7) is 8.77. The lowest BCUT2D eigenvalue weighted by molar-refractivity contribution is 0.146. The number of likely N-dealkylation sites (N-methyl/N-ethyl adjacent to an activating group) is 1. The van der Waals surface area contributed by atoms with E-state index >= 15 is 0 Å². The van der Waals surface area contributed by atoms with Crippen LogP contribution in [0.25, 0.3) is 0 Å². The highest BCUT2D eigenvalue weighted by Crippen LogP contribution is 2.16. The van der Waals surface area contributed by atoms with Crippen molar-refractivity contribution in [1.29, 1.82) is 0 Å². The molecular weight excluding hydrogens is 194 g/mol. The van der Waals surface area contributed by atoms with Crippen molar-refractivity contribution < 1.29 is 0 Å². The van der Waals surface area contributed by atoms with E-state index in [0.717, 1.165) is 32.2 Å². The van der Waals surface area contributed by atoms with Gasteiger partial charge in [-0.25, -0.2) is 4.98 Å². The number of hydrogen-bond donors (Lipinski definition) is 1. The summed E-state index contributed by atoms with van der Waals surface area (Å²) >= 11 is 1.81. The number of nitrogens with zero attached hydrogens (tertiary/aromatic N) is 2. The van der Waals surface area contributed by atoms with Gasteiger partial charge in [0.15, 0.2) is 0 Å². The first-order valence-corrected chi connectivity index (χ1v) is 5.97. The molecule has 3 nitrogen and oxygen atoms in total. The van der Waals surface area contributed by atoms with Gasteiger partial charge in [-0.15, -0.1) is 11.3 Å². The van der Waals surface area contributed by atoms with Gasteiger partial charge in [0.05, 0.1) is 5.01 Å². The molecule has 1 aromatic heterocycles. The molecule has 78 valence electrons. The Kier molecular flexibility index (Phi) is 3.15. The van der Waals surface area contributed by atoms with Crippen LogP contribution in [0.3, 0.4) is 0 Å². The second-order valence-electron chi connectivity index (χ2n) is 3.72. The number of rotatable bonds is 4. The highest BCUT2D eigenvalue weighted by molar-refractivity contribution is 7.11. The molecule has 2 rings (SSSR count). The van der Waals surface area contributed by atoms with E-state index in [1.54, 1.807) is 0 Å². The van der Waals surface area contributed by atoms with Gasteiger partial charge in [0, 0.05) is 36.8 Å². The molecule has 0 atom stereocenters. The van der Waals surface area contributed by atoms with Crippen molar-refractivity contribution in [3.63, 3.8) is 0 Å². The summed E-state index contributed by atoms with van der Waals surface area (Å²) in [5, 5.41) is 4.48. The molecule has 1 N–H and O–H groups in total. The molecule has 0 aromatic carbocycles. The van der Waals surface area contributed by atoms with E-state index < -0.39 is 0 Å². The van der Waals surface area contributed by atoms with Gasteiger partial charge >= 0.3 is 0 Å². The third-order valence-electron chi connectivity index (χ3n) is 2.71. The molecule has 4 heteroatoms. The fourth-order valence-electron chi connectivity index (χ4n) is 1.71. The SMILES string of the molecule is CCN(Cc1cnc(C)s1)C1CNC1. The lowest BCUT2D eigenvalue weighted by atomic mass is 10.1. The molecule has 1 aliphatic heterocycles. The second-order valence-corrected chi connectivity index (χ2v) is 5.04. The molecule has 1 fully saturated rings. The molecule has 0 saturated carbocycles. The van der Waals surface area contributed by atoms with Crippen LogP contribution in [0.1, 0.15) is 16.8 Å². The van der Waals surface area contributed by atoms with Crippen LogP contribution in [0.5, 0.6) is 0 Å². The number of nitrogens with one attached hydrogen (secondary N) is 1. The lowest BCUT2D eigenvalue weighted by Gasteiger charge is -2.37. The van der Waals surface area contributed by atoms with Crippen LogP contribution in [0.4, 0.5) is 0 Å². The second kappa shape index (κ2) is 4.38. The minimum atomic E-state index is 0.738. The first-order valence-electron chi connectivity index (χ1n) is 5.15. The van der Waals surface area contributed by atoms with Crippen molar-refractivity contribution >= 4 is 11.3 Å². The largest absolute Gasteiger partial charge is 0.314 e. The summed E-state index contributed by atoms with van der Waals surface area (Å²) in [6, 6.07) is 0.738. The van der Waals surface area contributed by atoms with E-state index in [0.29, 0.717) is 0 Å². The lowest BCUT2D eigenvalue weighted by Crippen LogP contribution is -2.56. The Balaban J connectivity index is 1.93. The van der Waals surface area contributed by atoms with E-state index in [2.05, 4.69) is 29.0 Å². The monoisotopic (exact) mass is 211 g/mol. The summed E-state index contributed by atoms with van der Waals surface area (Å²) in [5.41, 5.74) is 0. The van der Waals surface area contributed by atoms with Gasteiger partial charge in [0.1, 0.15) is 0 Å². The third-order valence-corrected chi connectivity index (χ3v) is 3.61. The molecule has 2 heterocycles. The zero-order valence-corrected chi connectivity index (χ0v) is 9.60. The van der Waals surface area contributed by atoms with E-state index in [1.807, 2.05) is 17.5 Å². The molecular formula is C10H17N3S. The predicted molar refractivity (Wildman–Crippen MR) is 59.6 cm³/mol. The topological polar surface area (TPSA) is 28.2 Å². The Morgan fingerprint density at radius 1 is 1.64 bits per heavy atom. The predicted octanol–water partition coefficient (Wildman–Crippen LogP) is 1.25. The summed E-state index contributed by atoms with van der Waals surface area (Å²) in [5.74, 6) is 0. The molecule has 0 aliphatic carbocycles. The molecule has 0 radical (unpaired) electrons. The summed E-state index contributed by atoms with van der Waals surface area (Å²) in [4.78, 5) is 8.19. The smallest absolute Gasteiger partial charge is 0.0897 e. The maximum Gasteiger partial charge on any atom is 0.0897 e. The van der Waals surface area contributed by atoms with Crippen molar-refractivity contribution in [2.24, 2.45) is 0 Å². The molecule has 0 amide bonds. The molecule has 1 aromatic rings. The van der Waals surface area contributed by atoms with Crippen LogP contribution in [0.15, 0.2) is 6.20 Å². The number of aryl methyl sites for hydroxylation is 1. The minimum Gasteiger partial charge on any atom is -0.314 e. The van der Waals surface area contributed by atoms with E-state index in [1.165, 1.54) is 9.88 Å². The van der Waals surface area contributed by atoms with Crippen LogP contribution >= 0.6 is 11.3 Å². The summed E-state index contributed by atoms with van der Waals surface area (Å²) in [7, 11) is 0. The van der Waals surface area contributed by atoms with Gasteiger partial charge in [0.2, 0.25) is 0 Å². The quantitative estimate of drug-likeness (QED) is 0.812. The fraction of sp³-hybridized carbons (Fsp3) is 0.700. The van der Waals surface area contributed by atoms with Crippen molar-refractivity contribution in [2.45, 2.75) is 26.4 Å². The minimum absolute atomic E-state index is 0.738. The average molecular weight is 211 g/mol. The van der Waals surface area contributed by atoms with Gasteiger partial charge in [-0.05, 0) is 13.5 Å². The maximum atomic E-state index is 4.28. The number of aromatic nitrogens is 1. The van der Waals surface area contributed by atoms with E-state index in [-0.39, 0.29) is 0 Å². The van der Waals surface area contributed by atoms with Crippen molar-refractivity contribution in [1.82, 2.24) is 15.2 Å². The molecule has 14 heavy (non-hydrogen) atoms. The van der Waals surface area contributed by atoms with E-state index in [9.17, 15) is 0 Å². The fourth-order valence-corrected chi connectivity index (χ4v) is 2.53. The van der Waals surface area contributed by atoms with Crippen LogP contribution in [0, 0.1) is 6.92 Å². The van der Waals surface area contributed by atoms with Gasteiger partial charge in [-0.2, -0.15) is 0 Å². The van der Waals surface area contributed by atoms with Crippen molar-refractivity contribution in [3.8, 4) is 0 Å². The van der Waals surface area contributed by atoms with Crippen LogP contribution in [-0.4, -0.2) is 35.6 Å². The first-order chi connectivity index (χ1) is 6.79. The highest BCUT2D eigenvalue weighted by Gasteiger charge is 2.23. The Hall–Kier alpha value is -0.450. The Labute approximate surface area is 89.1 Å². The third kappa shape index (κ3) is 2.13. The Morgan fingerprint density at radius 3 is 2.86 bits per heavy atom. The van der Waals surface area contributed by atoms with Crippen LogP contribution in [0.2, 0.25) is 0 Å². The molecule has 1 saturated heterocycles.